The lowest BCUT2D eigenvalue weighted by molar-refractivity contribution is 0.0208. The van der Waals surface area contributed by atoms with Gasteiger partial charge in [-0.1, -0.05) is 0 Å². The molecule has 5 nitrogen and oxygen atoms in total. The van der Waals surface area contributed by atoms with E-state index in [1.54, 1.807) is 4.68 Å². The largest absolute Gasteiger partial charge is 0.374 e. The van der Waals surface area contributed by atoms with Crippen LogP contribution in [0.5, 0.6) is 0 Å². The molecule has 0 aromatic carbocycles. The second-order valence-corrected chi connectivity index (χ2v) is 5.09. The van der Waals surface area contributed by atoms with Crippen molar-refractivity contribution in [2.24, 2.45) is 12.8 Å². The quantitative estimate of drug-likeness (QED) is 0.787. The van der Waals surface area contributed by atoms with Crippen LogP contribution < -0.4 is 11.1 Å². The summed E-state index contributed by atoms with van der Waals surface area (Å²) in [6.07, 6.45) is 6.06. The van der Waals surface area contributed by atoms with E-state index in [1.807, 2.05) is 19.4 Å². The van der Waals surface area contributed by atoms with Gasteiger partial charge in [-0.15, -0.1) is 0 Å². The zero-order chi connectivity index (χ0) is 12.3. The summed E-state index contributed by atoms with van der Waals surface area (Å²) in [5, 5.41) is 7.51. The van der Waals surface area contributed by atoms with Crippen LogP contribution in [0.3, 0.4) is 0 Å². The van der Waals surface area contributed by atoms with Crippen LogP contribution in [0.1, 0.15) is 31.4 Å². The summed E-state index contributed by atoms with van der Waals surface area (Å²) >= 11 is 0. The van der Waals surface area contributed by atoms with Crippen molar-refractivity contribution in [3.8, 4) is 0 Å². The SMILES string of the molecule is Cn1cc(C(N)CNCC2(C)CCCO2)cn1. The normalized spacial score (nSPS) is 26.3. The predicted molar refractivity (Wildman–Crippen MR) is 66.6 cm³/mol. The fourth-order valence-corrected chi connectivity index (χ4v) is 2.22. The number of nitrogens with one attached hydrogen (secondary N) is 1. The number of aromatic nitrogens is 2. The van der Waals surface area contributed by atoms with E-state index in [-0.39, 0.29) is 11.6 Å². The van der Waals surface area contributed by atoms with Crippen LogP contribution in [0.4, 0.5) is 0 Å². The highest BCUT2D eigenvalue weighted by molar-refractivity contribution is 5.09. The molecular weight excluding hydrogens is 216 g/mol. The highest BCUT2D eigenvalue weighted by Crippen LogP contribution is 2.23. The van der Waals surface area contributed by atoms with E-state index in [2.05, 4.69) is 17.3 Å². The molecule has 0 amide bonds. The lowest BCUT2D eigenvalue weighted by atomic mass is 10.0. The minimum atomic E-state index is -0.00583. The van der Waals surface area contributed by atoms with Crippen LogP contribution in [-0.4, -0.2) is 35.1 Å². The van der Waals surface area contributed by atoms with Crippen LogP contribution in [0.25, 0.3) is 0 Å². The lowest BCUT2D eigenvalue weighted by Crippen LogP contribution is -2.39. The zero-order valence-corrected chi connectivity index (χ0v) is 10.6. The van der Waals surface area contributed by atoms with Gasteiger partial charge >= 0.3 is 0 Å². The average molecular weight is 238 g/mol. The third-order valence-corrected chi connectivity index (χ3v) is 3.32. The molecule has 0 spiro atoms. The van der Waals surface area contributed by atoms with Gasteiger partial charge in [0.05, 0.1) is 11.8 Å². The van der Waals surface area contributed by atoms with Crippen molar-refractivity contribution in [2.75, 3.05) is 19.7 Å². The number of aryl methyl sites for hydroxylation is 1. The fourth-order valence-electron chi connectivity index (χ4n) is 2.22. The topological polar surface area (TPSA) is 65.1 Å². The van der Waals surface area contributed by atoms with Crippen LogP contribution in [-0.2, 0) is 11.8 Å². The van der Waals surface area contributed by atoms with Gasteiger partial charge in [-0.05, 0) is 19.8 Å². The van der Waals surface area contributed by atoms with Gasteiger partial charge in [-0.3, -0.25) is 4.68 Å². The molecular formula is C12H22N4O. The van der Waals surface area contributed by atoms with E-state index in [9.17, 15) is 0 Å². The van der Waals surface area contributed by atoms with Crippen LogP contribution in [0, 0.1) is 0 Å². The Bertz CT molecular complexity index is 357. The van der Waals surface area contributed by atoms with Crippen LogP contribution >= 0.6 is 0 Å². The lowest BCUT2D eigenvalue weighted by Gasteiger charge is -2.24. The van der Waals surface area contributed by atoms with Crippen molar-refractivity contribution in [2.45, 2.75) is 31.4 Å². The van der Waals surface area contributed by atoms with E-state index >= 15 is 0 Å². The van der Waals surface area contributed by atoms with E-state index in [1.165, 1.54) is 0 Å². The van der Waals surface area contributed by atoms with Gasteiger partial charge in [-0.25, -0.2) is 0 Å². The van der Waals surface area contributed by atoms with Gasteiger partial charge in [0.2, 0.25) is 0 Å². The molecule has 2 heterocycles. The maximum Gasteiger partial charge on any atom is 0.0779 e. The Kier molecular flexibility index (Phi) is 3.81. The van der Waals surface area contributed by atoms with Gasteiger partial charge in [0, 0.05) is 44.5 Å². The third-order valence-electron chi connectivity index (χ3n) is 3.32. The monoisotopic (exact) mass is 238 g/mol. The second-order valence-electron chi connectivity index (χ2n) is 5.09. The Labute approximate surface area is 102 Å². The Morgan fingerprint density at radius 3 is 3.12 bits per heavy atom. The first kappa shape index (κ1) is 12.5. The van der Waals surface area contributed by atoms with Gasteiger partial charge in [0.15, 0.2) is 0 Å². The van der Waals surface area contributed by atoms with E-state index < -0.39 is 0 Å². The maximum atomic E-state index is 6.08. The number of nitrogens with zero attached hydrogens (tertiary/aromatic N) is 2. The van der Waals surface area contributed by atoms with Crippen LogP contribution in [0.15, 0.2) is 12.4 Å². The molecule has 0 radical (unpaired) electrons. The predicted octanol–water partition coefficient (Wildman–Crippen LogP) is 0.579. The molecule has 3 N–H and O–H groups in total. The molecule has 17 heavy (non-hydrogen) atoms. The maximum absolute atomic E-state index is 6.08. The molecule has 1 aromatic rings. The Hall–Kier alpha value is -0.910. The van der Waals surface area contributed by atoms with Gasteiger partial charge < -0.3 is 15.8 Å². The van der Waals surface area contributed by atoms with Crippen molar-refractivity contribution in [3.63, 3.8) is 0 Å². The number of ether oxygens (including phenoxy) is 1. The molecule has 5 heteroatoms. The second kappa shape index (κ2) is 5.16. The molecule has 1 aliphatic heterocycles. The molecule has 2 rings (SSSR count). The highest BCUT2D eigenvalue weighted by atomic mass is 16.5. The fraction of sp³-hybridized carbons (Fsp3) is 0.750. The number of nitrogens with two attached hydrogens (primary N) is 1. The first-order chi connectivity index (χ1) is 8.09. The zero-order valence-electron chi connectivity index (χ0n) is 10.6. The van der Waals surface area contributed by atoms with Crippen LogP contribution in [0.2, 0.25) is 0 Å². The molecule has 1 fully saturated rings. The number of hydrogen-bond acceptors (Lipinski definition) is 4. The number of hydrogen-bond donors (Lipinski definition) is 2. The summed E-state index contributed by atoms with van der Waals surface area (Å²) in [6.45, 7) is 4.65. The molecule has 1 aliphatic rings. The van der Waals surface area contributed by atoms with Gasteiger partial charge in [0.1, 0.15) is 0 Å². The Morgan fingerprint density at radius 2 is 2.53 bits per heavy atom. The Balaban J connectivity index is 1.75. The molecule has 1 saturated heterocycles. The summed E-state index contributed by atoms with van der Waals surface area (Å²) in [7, 11) is 1.90. The molecule has 96 valence electrons. The molecule has 1 aromatic heterocycles. The van der Waals surface area contributed by atoms with Crippen molar-refractivity contribution in [3.05, 3.63) is 18.0 Å². The average Bonchev–Trinajstić information content (AvgIpc) is 2.88. The molecule has 2 unspecified atom stereocenters. The van der Waals surface area contributed by atoms with Gasteiger partial charge in [0.25, 0.3) is 0 Å². The minimum Gasteiger partial charge on any atom is -0.374 e. The van der Waals surface area contributed by atoms with Crippen molar-refractivity contribution in [1.29, 1.82) is 0 Å². The summed E-state index contributed by atoms with van der Waals surface area (Å²) in [5.74, 6) is 0. The molecule has 0 bridgehead atoms. The summed E-state index contributed by atoms with van der Waals surface area (Å²) < 4.78 is 7.49. The van der Waals surface area contributed by atoms with Crippen molar-refractivity contribution < 1.29 is 4.74 Å². The smallest absolute Gasteiger partial charge is 0.0779 e. The molecule has 2 atom stereocenters. The first-order valence-electron chi connectivity index (χ1n) is 6.18. The van der Waals surface area contributed by atoms with Crippen molar-refractivity contribution in [1.82, 2.24) is 15.1 Å². The summed E-state index contributed by atoms with van der Waals surface area (Å²) in [5.41, 5.74) is 7.14. The Morgan fingerprint density at radius 1 is 1.71 bits per heavy atom. The van der Waals surface area contributed by atoms with E-state index in [4.69, 9.17) is 10.5 Å². The molecule has 0 saturated carbocycles. The minimum absolute atomic E-state index is 0.00530. The number of rotatable bonds is 5. The summed E-state index contributed by atoms with van der Waals surface area (Å²) in [4.78, 5) is 0. The summed E-state index contributed by atoms with van der Waals surface area (Å²) in [6, 6.07) is -0.00583. The van der Waals surface area contributed by atoms with E-state index in [0.717, 1.165) is 38.1 Å². The van der Waals surface area contributed by atoms with Crippen molar-refractivity contribution >= 4 is 0 Å². The third kappa shape index (κ3) is 3.28. The van der Waals surface area contributed by atoms with E-state index in [0.29, 0.717) is 0 Å². The van der Waals surface area contributed by atoms with Gasteiger partial charge in [-0.2, -0.15) is 5.10 Å². The molecule has 0 aliphatic carbocycles. The highest BCUT2D eigenvalue weighted by Gasteiger charge is 2.29. The first-order valence-corrected chi connectivity index (χ1v) is 6.18. The standard InChI is InChI=1S/C12H22N4O/c1-12(4-3-5-17-12)9-14-7-11(13)10-6-15-16(2)8-10/h6,8,11,14H,3-5,7,9,13H2,1-2H3.